The number of rotatable bonds is 5. The molecular formula is C17H27N3O2. The topological polar surface area (TPSA) is 54.3 Å². The SMILES string of the molecule is CN(C)[C@H](CNC(=O)c1ccn(C)c(=O)c1)C1CCCCC1. The Morgan fingerprint density at radius 2 is 2.05 bits per heavy atom. The zero-order valence-electron chi connectivity index (χ0n) is 13.8. The van der Waals surface area contributed by atoms with Crippen LogP contribution in [-0.4, -0.2) is 42.1 Å². The minimum absolute atomic E-state index is 0.163. The van der Waals surface area contributed by atoms with Crippen molar-refractivity contribution in [1.29, 1.82) is 0 Å². The first kappa shape index (κ1) is 16.7. The largest absolute Gasteiger partial charge is 0.350 e. The summed E-state index contributed by atoms with van der Waals surface area (Å²) in [5, 5.41) is 3.00. The van der Waals surface area contributed by atoms with Gasteiger partial charge in [-0.05, 0) is 38.9 Å². The summed E-state index contributed by atoms with van der Waals surface area (Å²) in [5.41, 5.74) is 0.272. The van der Waals surface area contributed by atoms with E-state index in [0.717, 1.165) is 0 Å². The first-order chi connectivity index (χ1) is 10.5. The maximum atomic E-state index is 12.2. The molecule has 2 rings (SSSR count). The van der Waals surface area contributed by atoms with Crippen LogP contribution in [0.1, 0.15) is 42.5 Å². The average molecular weight is 305 g/mol. The molecule has 1 saturated carbocycles. The lowest BCUT2D eigenvalue weighted by molar-refractivity contribution is 0.0921. The molecule has 0 saturated heterocycles. The smallest absolute Gasteiger partial charge is 0.251 e. The second-order valence-corrected chi connectivity index (χ2v) is 6.50. The van der Waals surface area contributed by atoms with Gasteiger partial charge < -0.3 is 14.8 Å². The molecule has 5 nitrogen and oxygen atoms in total. The number of hydrogen-bond donors (Lipinski definition) is 1. The molecule has 1 N–H and O–H groups in total. The van der Waals surface area contributed by atoms with E-state index >= 15 is 0 Å². The van der Waals surface area contributed by atoms with Crippen LogP contribution in [0, 0.1) is 5.92 Å². The summed E-state index contributed by atoms with van der Waals surface area (Å²) in [4.78, 5) is 26.1. The van der Waals surface area contributed by atoms with Gasteiger partial charge in [-0.3, -0.25) is 9.59 Å². The quantitative estimate of drug-likeness (QED) is 0.899. The van der Waals surface area contributed by atoms with Crippen molar-refractivity contribution in [2.75, 3.05) is 20.6 Å². The predicted molar refractivity (Wildman–Crippen MR) is 88.1 cm³/mol. The molecule has 1 aliphatic rings. The zero-order chi connectivity index (χ0) is 16.1. The standard InChI is InChI=1S/C17H27N3O2/c1-19(2)15(13-7-5-4-6-8-13)12-18-17(22)14-9-10-20(3)16(21)11-14/h9-11,13,15H,4-8,12H2,1-3H3,(H,18,22)/t15-/m1/s1. The first-order valence-corrected chi connectivity index (χ1v) is 8.10. The fraction of sp³-hybridized carbons (Fsp3) is 0.647. The monoisotopic (exact) mass is 305 g/mol. The molecule has 0 aliphatic heterocycles. The van der Waals surface area contributed by atoms with Crippen molar-refractivity contribution in [3.63, 3.8) is 0 Å². The fourth-order valence-corrected chi connectivity index (χ4v) is 3.28. The first-order valence-electron chi connectivity index (χ1n) is 8.10. The summed E-state index contributed by atoms with van der Waals surface area (Å²) >= 11 is 0. The molecule has 1 aliphatic carbocycles. The highest BCUT2D eigenvalue weighted by Crippen LogP contribution is 2.28. The minimum atomic E-state index is -0.166. The average Bonchev–Trinajstić information content (AvgIpc) is 2.50. The van der Waals surface area contributed by atoms with E-state index in [0.29, 0.717) is 24.1 Å². The number of nitrogens with zero attached hydrogens (tertiary/aromatic N) is 2. The van der Waals surface area contributed by atoms with E-state index in [-0.39, 0.29) is 11.5 Å². The highest BCUT2D eigenvalue weighted by atomic mass is 16.2. The van der Waals surface area contributed by atoms with Crippen LogP contribution in [0.4, 0.5) is 0 Å². The summed E-state index contributed by atoms with van der Waals surface area (Å²) < 4.78 is 1.46. The number of carbonyl (C=O) groups excluding carboxylic acids is 1. The van der Waals surface area contributed by atoms with E-state index in [1.165, 1.54) is 42.7 Å². The maximum absolute atomic E-state index is 12.2. The van der Waals surface area contributed by atoms with Crippen molar-refractivity contribution in [3.8, 4) is 0 Å². The van der Waals surface area contributed by atoms with E-state index in [1.54, 1.807) is 19.3 Å². The Hall–Kier alpha value is -1.62. The van der Waals surface area contributed by atoms with Crippen LogP contribution in [0.3, 0.4) is 0 Å². The van der Waals surface area contributed by atoms with Crippen LogP contribution in [0.15, 0.2) is 23.1 Å². The molecule has 0 bridgehead atoms. The lowest BCUT2D eigenvalue weighted by atomic mass is 9.83. The number of amides is 1. The molecule has 0 radical (unpaired) electrons. The van der Waals surface area contributed by atoms with Crippen molar-refractivity contribution in [2.45, 2.75) is 38.1 Å². The number of nitrogens with one attached hydrogen (secondary N) is 1. The van der Waals surface area contributed by atoms with Crippen molar-refractivity contribution < 1.29 is 4.79 Å². The van der Waals surface area contributed by atoms with E-state index in [2.05, 4.69) is 24.3 Å². The summed E-state index contributed by atoms with van der Waals surface area (Å²) in [5.74, 6) is 0.480. The maximum Gasteiger partial charge on any atom is 0.251 e. The molecule has 0 aromatic carbocycles. The van der Waals surface area contributed by atoms with Crippen LogP contribution >= 0.6 is 0 Å². The van der Waals surface area contributed by atoms with Gasteiger partial charge in [-0.25, -0.2) is 0 Å². The third-order valence-corrected chi connectivity index (χ3v) is 4.70. The summed E-state index contributed by atoms with van der Waals surface area (Å²) in [6.45, 7) is 0.631. The molecule has 1 atom stereocenters. The number of pyridine rings is 1. The molecule has 1 heterocycles. The molecule has 1 aromatic rings. The van der Waals surface area contributed by atoms with Crippen LogP contribution in [0.2, 0.25) is 0 Å². The Labute approximate surface area is 132 Å². The Kier molecular flexibility index (Phi) is 5.77. The van der Waals surface area contributed by atoms with Crippen LogP contribution in [-0.2, 0) is 7.05 Å². The van der Waals surface area contributed by atoms with Gasteiger partial charge in [0.05, 0.1) is 0 Å². The van der Waals surface area contributed by atoms with Gasteiger partial charge in [-0.15, -0.1) is 0 Å². The van der Waals surface area contributed by atoms with Crippen molar-refractivity contribution in [3.05, 3.63) is 34.2 Å². The molecule has 1 amide bonds. The predicted octanol–water partition coefficient (Wildman–Crippen LogP) is 1.63. The van der Waals surface area contributed by atoms with Crippen molar-refractivity contribution in [2.24, 2.45) is 13.0 Å². The molecule has 0 spiro atoms. The van der Waals surface area contributed by atoms with E-state index < -0.39 is 0 Å². The Bertz CT molecular complexity index is 559. The highest BCUT2D eigenvalue weighted by Gasteiger charge is 2.25. The molecule has 1 fully saturated rings. The van der Waals surface area contributed by atoms with Gasteiger partial charge in [0.2, 0.25) is 0 Å². The van der Waals surface area contributed by atoms with E-state index in [4.69, 9.17) is 0 Å². The van der Waals surface area contributed by atoms with Crippen molar-refractivity contribution >= 4 is 5.91 Å². The van der Waals surface area contributed by atoms with Gasteiger partial charge >= 0.3 is 0 Å². The fourth-order valence-electron chi connectivity index (χ4n) is 3.28. The molecule has 1 aromatic heterocycles. The Balaban J connectivity index is 1.97. The minimum Gasteiger partial charge on any atom is -0.350 e. The molecule has 22 heavy (non-hydrogen) atoms. The van der Waals surface area contributed by atoms with Crippen LogP contribution < -0.4 is 10.9 Å². The number of likely N-dealkylation sites (N-methyl/N-ethyl adjacent to an activating group) is 1. The molecule has 122 valence electrons. The molecule has 0 unspecified atom stereocenters. The second-order valence-electron chi connectivity index (χ2n) is 6.50. The summed E-state index contributed by atoms with van der Waals surface area (Å²) in [6, 6.07) is 3.43. The van der Waals surface area contributed by atoms with Gasteiger partial charge in [-0.2, -0.15) is 0 Å². The Morgan fingerprint density at radius 1 is 1.36 bits per heavy atom. The summed E-state index contributed by atoms with van der Waals surface area (Å²) in [6.07, 6.45) is 8.02. The van der Waals surface area contributed by atoms with Gasteiger partial charge in [0, 0.05) is 37.5 Å². The third-order valence-electron chi connectivity index (χ3n) is 4.70. The lowest BCUT2D eigenvalue weighted by Gasteiger charge is -2.35. The van der Waals surface area contributed by atoms with Crippen LogP contribution in [0.25, 0.3) is 0 Å². The number of hydrogen-bond acceptors (Lipinski definition) is 3. The van der Waals surface area contributed by atoms with Gasteiger partial charge in [0.25, 0.3) is 11.5 Å². The third kappa shape index (κ3) is 4.19. The Morgan fingerprint density at radius 3 is 2.64 bits per heavy atom. The number of carbonyl (C=O) groups is 1. The molecule has 5 heteroatoms. The highest BCUT2D eigenvalue weighted by molar-refractivity contribution is 5.93. The second kappa shape index (κ2) is 7.58. The lowest BCUT2D eigenvalue weighted by Crippen LogP contribution is -2.45. The zero-order valence-corrected chi connectivity index (χ0v) is 13.8. The van der Waals surface area contributed by atoms with Gasteiger partial charge in [0.15, 0.2) is 0 Å². The molecular weight excluding hydrogens is 278 g/mol. The van der Waals surface area contributed by atoms with Crippen LogP contribution in [0.5, 0.6) is 0 Å². The van der Waals surface area contributed by atoms with E-state index in [9.17, 15) is 9.59 Å². The summed E-state index contributed by atoms with van der Waals surface area (Å²) in [7, 11) is 5.82. The number of aryl methyl sites for hydroxylation is 1. The van der Waals surface area contributed by atoms with Gasteiger partial charge in [-0.1, -0.05) is 19.3 Å². The number of aromatic nitrogens is 1. The van der Waals surface area contributed by atoms with E-state index in [1.807, 2.05) is 0 Å². The normalized spacial score (nSPS) is 17.5. The van der Waals surface area contributed by atoms with Crippen molar-refractivity contribution in [1.82, 2.24) is 14.8 Å². The van der Waals surface area contributed by atoms with Gasteiger partial charge in [0.1, 0.15) is 0 Å².